The van der Waals surface area contributed by atoms with Crippen LogP contribution in [0.4, 0.5) is 11.6 Å². The van der Waals surface area contributed by atoms with Crippen molar-refractivity contribution in [3.8, 4) is 0 Å². The first-order valence-electron chi connectivity index (χ1n) is 6.35. The molecule has 0 bridgehead atoms. The third-order valence-electron chi connectivity index (χ3n) is 3.27. The van der Waals surface area contributed by atoms with Gasteiger partial charge in [-0.05, 0) is 12.8 Å². The van der Waals surface area contributed by atoms with Gasteiger partial charge in [0.05, 0.1) is 0 Å². The number of thioether (sulfide) groups is 1. The molecule has 18 heavy (non-hydrogen) atoms. The molecule has 1 aromatic heterocycles. The lowest BCUT2D eigenvalue weighted by Crippen LogP contribution is -2.46. The average Bonchev–Trinajstić information content (AvgIpc) is 2.46. The van der Waals surface area contributed by atoms with Gasteiger partial charge < -0.3 is 15.1 Å². The van der Waals surface area contributed by atoms with Crippen LogP contribution in [0.2, 0.25) is 0 Å². The molecule has 6 heteroatoms. The minimum atomic E-state index is 0.828. The van der Waals surface area contributed by atoms with E-state index < -0.39 is 0 Å². The maximum Gasteiger partial charge on any atom is 0.191 e. The van der Waals surface area contributed by atoms with Crippen LogP contribution in [0.1, 0.15) is 6.92 Å². The summed E-state index contributed by atoms with van der Waals surface area (Å²) in [5.74, 6) is 1.93. The van der Waals surface area contributed by atoms with E-state index in [1.54, 1.807) is 11.8 Å². The van der Waals surface area contributed by atoms with Crippen molar-refractivity contribution in [2.24, 2.45) is 0 Å². The number of nitrogens with zero attached hydrogens (tertiary/aromatic N) is 4. The third-order valence-corrected chi connectivity index (χ3v) is 3.82. The zero-order valence-corrected chi connectivity index (χ0v) is 12.1. The summed E-state index contributed by atoms with van der Waals surface area (Å²) in [6.07, 6.45) is 2.01. The van der Waals surface area contributed by atoms with Gasteiger partial charge in [-0.2, -0.15) is 0 Å². The van der Waals surface area contributed by atoms with E-state index in [1.165, 1.54) is 0 Å². The Morgan fingerprint density at radius 1 is 1.28 bits per heavy atom. The normalized spacial score (nSPS) is 16.9. The number of piperazine rings is 1. The minimum absolute atomic E-state index is 0.828. The smallest absolute Gasteiger partial charge is 0.191 e. The zero-order chi connectivity index (χ0) is 13.0. The van der Waals surface area contributed by atoms with Gasteiger partial charge in [0.1, 0.15) is 11.6 Å². The maximum atomic E-state index is 4.59. The van der Waals surface area contributed by atoms with Crippen LogP contribution in [0.3, 0.4) is 0 Å². The van der Waals surface area contributed by atoms with E-state index in [0.29, 0.717) is 0 Å². The van der Waals surface area contributed by atoms with Gasteiger partial charge in [0.2, 0.25) is 0 Å². The standard InChI is InChI=1S/C12H21N5S/c1-4-16-5-7-17(8-6-16)11-9-10(13-2)14-12(15-11)18-3/h9H,4-8H2,1-3H3,(H,13,14,15). The van der Waals surface area contributed by atoms with E-state index in [1.807, 2.05) is 19.4 Å². The quantitative estimate of drug-likeness (QED) is 0.657. The summed E-state index contributed by atoms with van der Waals surface area (Å²) in [6.45, 7) is 7.67. The van der Waals surface area contributed by atoms with Crippen LogP contribution in [0.5, 0.6) is 0 Å². The number of nitrogens with one attached hydrogen (secondary N) is 1. The highest BCUT2D eigenvalue weighted by atomic mass is 32.2. The molecular weight excluding hydrogens is 246 g/mol. The number of likely N-dealkylation sites (N-methyl/N-ethyl adjacent to an activating group) is 1. The number of anilines is 2. The van der Waals surface area contributed by atoms with Gasteiger partial charge in [-0.3, -0.25) is 0 Å². The number of aromatic nitrogens is 2. The molecule has 0 atom stereocenters. The Labute approximate surface area is 113 Å². The monoisotopic (exact) mass is 267 g/mol. The highest BCUT2D eigenvalue weighted by Crippen LogP contribution is 2.21. The van der Waals surface area contributed by atoms with Gasteiger partial charge in [0.25, 0.3) is 0 Å². The molecular formula is C12H21N5S. The second kappa shape index (κ2) is 6.24. The highest BCUT2D eigenvalue weighted by Gasteiger charge is 2.17. The van der Waals surface area contributed by atoms with Gasteiger partial charge in [0, 0.05) is 39.3 Å². The summed E-state index contributed by atoms with van der Waals surface area (Å²) >= 11 is 1.58. The highest BCUT2D eigenvalue weighted by molar-refractivity contribution is 7.98. The lowest BCUT2D eigenvalue weighted by atomic mass is 10.3. The largest absolute Gasteiger partial charge is 0.373 e. The van der Waals surface area contributed by atoms with E-state index in [0.717, 1.165) is 49.5 Å². The summed E-state index contributed by atoms with van der Waals surface area (Å²) in [4.78, 5) is 13.8. The maximum absolute atomic E-state index is 4.59. The molecule has 1 aliphatic heterocycles. The Morgan fingerprint density at radius 3 is 2.56 bits per heavy atom. The SMILES string of the molecule is CCN1CCN(c2cc(NC)nc(SC)n2)CC1. The molecule has 0 spiro atoms. The molecule has 1 N–H and O–H groups in total. The minimum Gasteiger partial charge on any atom is -0.373 e. The van der Waals surface area contributed by atoms with Crippen molar-refractivity contribution >= 4 is 23.4 Å². The Morgan fingerprint density at radius 2 is 2.00 bits per heavy atom. The summed E-state index contributed by atoms with van der Waals surface area (Å²) in [6, 6.07) is 2.03. The van der Waals surface area contributed by atoms with Crippen LogP contribution in [-0.2, 0) is 0 Å². The Bertz CT molecular complexity index is 368. The molecule has 2 heterocycles. The number of hydrogen-bond donors (Lipinski definition) is 1. The molecule has 2 rings (SSSR count). The fourth-order valence-electron chi connectivity index (χ4n) is 2.09. The average molecular weight is 267 g/mol. The van der Waals surface area contributed by atoms with Crippen LogP contribution in [0, 0.1) is 0 Å². The Balaban J connectivity index is 2.13. The molecule has 0 radical (unpaired) electrons. The first kappa shape index (κ1) is 13.4. The van der Waals surface area contributed by atoms with Crippen LogP contribution in [-0.4, -0.2) is 60.9 Å². The second-order valence-electron chi connectivity index (χ2n) is 4.27. The predicted molar refractivity (Wildman–Crippen MR) is 77.7 cm³/mol. The molecule has 1 fully saturated rings. The van der Waals surface area contributed by atoms with Gasteiger partial charge in [-0.1, -0.05) is 18.7 Å². The number of rotatable bonds is 4. The van der Waals surface area contributed by atoms with Gasteiger partial charge in [-0.15, -0.1) is 0 Å². The summed E-state index contributed by atoms with van der Waals surface area (Å²) in [5.41, 5.74) is 0. The van der Waals surface area contributed by atoms with Crippen molar-refractivity contribution in [3.63, 3.8) is 0 Å². The van der Waals surface area contributed by atoms with Crippen LogP contribution < -0.4 is 10.2 Å². The summed E-state index contributed by atoms with van der Waals surface area (Å²) in [7, 11) is 1.89. The van der Waals surface area contributed by atoms with E-state index in [-0.39, 0.29) is 0 Å². The number of hydrogen-bond acceptors (Lipinski definition) is 6. The van der Waals surface area contributed by atoms with E-state index in [2.05, 4.69) is 32.0 Å². The zero-order valence-electron chi connectivity index (χ0n) is 11.3. The molecule has 1 saturated heterocycles. The Hall–Kier alpha value is -1.01. The van der Waals surface area contributed by atoms with E-state index in [4.69, 9.17) is 0 Å². The van der Waals surface area contributed by atoms with Gasteiger partial charge in [-0.25, -0.2) is 9.97 Å². The molecule has 0 amide bonds. The van der Waals surface area contributed by atoms with Crippen molar-refractivity contribution in [1.29, 1.82) is 0 Å². The topological polar surface area (TPSA) is 44.3 Å². The van der Waals surface area contributed by atoms with Gasteiger partial charge in [0.15, 0.2) is 5.16 Å². The summed E-state index contributed by atoms with van der Waals surface area (Å²) in [5, 5.41) is 3.93. The molecule has 0 unspecified atom stereocenters. The second-order valence-corrected chi connectivity index (χ2v) is 5.04. The molecule has 1 aromatic rings. The first-order chi connectivity index (χ1) is 8.76. The third kappa shape index (κ3) is 3.05. The van der Waals surface area contributed by atoms with Gasteiger partial charge >= 0.3 is 0 Å². The van der Waals surface area contributed by atoms with E-state index in [9.17, 15) is 0 Å². The van der Waals surface area contributed by atoms with Crippen LogP contribution in [0.25, 0.3) is 0 Å². The van der Waals surface area contributed by atoms with E-state index >= 15 is 0 Å². The van der Waals surface area contributed by atoms with Crippen molar-refractivity contribution in [2.45, 2.75) is 12.1 Å². The lowest BCUT2D eigenvalue weighted by Gasteiger charge is -2.34. The summed E-state index contributed by atoms with van der Waals surface area (Å²) < 4.78 is 0. The molecule has 0 saturated carbocycles. The van der Waals surface area contributed by atoms with Crippen molar-refractivity contribution < 1.29 is 0 Å². The van der Waals surface area contributed by atoms with Crippen molar-refractivity contribution in [2.75, 3.05) is 56.2 Å². The fourth-order valence-corrected chi connectivity index (χ4v) is 2.46. The predicted octanol–water partition coefficient (Wildman–Crippen LogP) is 1.38. The molecule has 5 nitrogen and oxygen atoms in total. The first-order valence-corrected chi connectivity index (χ1v) is 7.57. The molecule has 1 aliphatic rings. The van der Waals surface area contributed by atoms with Crippen LogP contribution in [0.15, 0.2) is 11.2 Å². The lowest BCUT2D eigenvalue weighted by molar-refractivity contribution is 0.270. The van der Waals surface area contributed by atoms with Crippen LogP contribution >= 0.6 is 11.8 Å². The van der Waals surface area contributed by atoms with Crippen molar-refractivity contribution in [3.05, 3.63) is 6.07 Å². The Kier molecular flexibility index (Phi) is 4.66. The fraction of sp³-hybridized carbons (Fsp3) is 0.667. The molecule has 100 valence electrons. The molecule has 0 aromatic carbocycles. The molecule has 0 aliphatic carbocycles. The van der Waals surface area contributed by atoms with Crippen molar-refractivity contribution in [1.82, 2.24) is 14.9 Å².